The van der Waals surface area contributed by atoms with Crippen LogP contribution in [0, 0.1) is 0 Å². The van der Waals surface area contributed by atoms with Crippen molar-refractivity contribution in [3.8, 4) is 5.75 Å². The Balaban J connectivity index is 1.88. The number of benzene rings is 2. The zero-order chi connectivity index (χ0) is 16.5. The Hall–Kier alpha value is -2.17. The molecule has 0 radical (unpaired) electrons. The molecule has 0 spiro atoms. The number of hydrogen-bond donors (Lipinski definition) is 2. The molecule has 2 N–H and O–H groups in total. The van der Waals surface area contributed by atoms with E-state index in [2.05, 4.69) is 0 Å². The third-order valence-electron chi connectivity index (χ3n) is 3.53. The van der Waals surface area contributed by atoms with Crippen LogP contribution in [0.15, 0.2) is 54.6 Å². The second-order valence-electron chi connectivity index (χ2n) is 5.36. The van der Waals surface area contributed by atoms with Crippen molar-refractivity contribution in [3.63, 3.8) is 0 Å². The van der Waals surface area contributed by atoms with E-state index in [9.17, 15) is 9.90 Å². The maximum Gasteiger partial charge on any atom is 0.197 e. The van der Waals surface area contributed by atoms with Crippen LogP contribution in [-0.4, -0.2) is 28.9 Å². The van der Waals surface area contributed by atoms with Crippen molar-refractivity contribution >= 4 is 5.78 Å². The monoisotopic (exact) mass is 314 g/mol. The molecule has 122 valence electrons. The molecule has 0 bridgehead atoms. The number of unbranched alkanes of at least 4 members (excludes halogenated alkanes) is 2. The molecule has 0 aromatic heterocycles. The van der Waals surface area contributed by atoms with Crippen LogP contribution < -0.4 is 4.74 Å². The molecule has 0 fully saturated rings. The quantitative estimate of drug-likeness (QED) is 0.424. The van der Waals surface area contributed by atoms with Gasteiger partial charge in [0.2, 0.25) is 0 Å². The Kier molecular flexibility index (Phi) is 6.78. The van der Waals surface area contributed by atoms with Gasteiger partial charge >= 0.3 is 0 Å². The van der Waals surface area contributed by atoms with Crippen LogP contribution in [0.2, 0.25) is 0 Å². The molecule has 23 heavy (non-hydrogen) atoms. The molecule has 2 aromatic carbocycles. The summed E-state index contributed by atoms with van der Waals surface area (Å²) >= 11 is 0. The number of carbonyl (C=O) groups excluding carboxylic acids is 1. The van der Waals surface area contributed by atoms with Crippen molar-refractivity contribution in [2.24, 2.45) is 0 Å². The molecule has 0 saturated carbocycles. The topological polar surface area (TPSA) is 66.8 Å². The Bertz CT molecular complexity index is 593. The molecule has 2 rings (SSSR count). The van der Waals surface area contributed by atoms with Gasteiger partial charge in [0, 0.05) is 24.2 Å². The summed E-state index contributed by atoms with van der Waals surface area (Å²) in [5, 5.41) is 18.5. The lowest BCUT2D eigenvalue weighted by atomic mass is 10.0. The Morgan fingerprint density at radius 1 is 0.913 bits per heavy atom. The third-order valence-corrected chi connectivity index (χ3v) is 3.53. The molecule has 1 unspecified atom stereocenters. The van der Waals surface area contributed by atoms with E-state index >= 15 is 0 Å². The molecule has 0 aliphatic rings. The molecule has 4 nitrogen and oxygen atoms in total. The highest BCUT2D eigenvalue weighted by atomic mass is 16.6. The standard InChI is InChI=1S/C19H22O4/c20-14-6-2-5-9-18(21)23-17-12-10-16(11-13-17)19(22)15-7-3-1-4-8-15/h1,3-4,7-8,10-13,18,20-21H,2,5-6,9,14H2. The minimum atomic E-state index is -0.871. The van der Waals surface area contributed by atoms with Gasteiger partial charge in [-0.05, 0) is 37.1 Å². The van der Waals surface area contributed by atoms with E-state index < -0.39 is 6.29 Å². The van der Waals surface area contributed by atoms with Crippen molar-refractivity contribution in [1.29, 1.82) is 0 Å². The summed E-state index contributed by atoms with van der Waals surface area (Å²) in [7, 11) is 0. The van der Waals surface area contributed by atoms with E-state index in [0.29, 0.717) is 23.3 Å². The van der Waals surface area contributed by atoms with Gasteiger partial charge in [0.25, 0.3) is 0 Å². The number of aliphatic hydroxyl groups is 2. The molecule has 2 aromatic rings. The largest absolute Gasteiger partial charge is 0.465 e. The smallest absolute Gasteiger partial charge is 0.197 e. The maximum absolute atomic E-state index is 12.3. The van der Waals surface area contributed by atoms with E-state index in [1.54, 1.807) is 36.4 Å². The highest BCUT2D eigenvalue weighted by Crippen LogP contribution is 2.17. The van der Waals surface area contributed by atoms with Gasteiger partial charge in [-0.1, -0.05) is 36.8 Å². The van der Waals surface area contributed by atoms with Crippen molar-refractivity contribution in [2.75, 3.05) is 6.61 Å². The summed E-state index contributed by atoms with van der Waals surface area (Å²) in [4.78, 5) is 12.3. The van der Waals surface area contributed by atoms with Gasteiger partial charge in [0.05, 0.1) is 0 Å². The second-order valence-corrected chi connectivity index (χ2v) is 5.36. The molecular weight excluding hydrogens is 292 g/mol. The fraction of sp³-hybridized carbons (Fsp3) is 0.316. The third kappa shape index (κ3) is 5.51. The van der Waals surface area contributed by atoms with Gasteiger partial charge in [0.15, 0.2) is 12.1 Å². The predicted molar refractivity (Wildman–Crippen MR) is 88.5 cm³/mol. The van der Waals surface area contributed by atoms with E-state index in [4.69, 9.17) is 9.84 Å². The van der Waals surface area contributed by atoms with Crippen LogP contribution in [0.1, 0.15) is 41.6 Å². The number of ether oxygens (including phenoxy) is 1. The van der Waals surface area contributed by atoms with Gasteiger partial charge in [-0.15, -0.1) is 0 Å². The average Bonchev–Trinajstić information content (AvgIpc) is 2.59. The first-order valence-corrected chi connectivity index (χ1v) is 7.86. The number of rotatable bonds is 9. The SMILES string of the molecule is O=C(c1ccccc1)c1ccc(OC(O)CCCCCO)cc1. The van der Waals surface area contributed by atoms with Crippen molar-refractivity contribution in [3.05, 3.63) is 65.7 Å². The predicted octanol–water partition coefficient (Wildman–Crippen LogP) is 3.17. The molecule has 0 saturated heterocycles. The lowest BCUT2D eigenvalue weighted by molar-refractivity contribution is -0.0247. The first-order valence-electron chi connectivity index (χ1n) is 7.86. The fourth-order valence-electron chi connectivity index (χ4n) is 2.26. The van der Waals surface area contributed by atoms with Crippen LogP contribution in [0.3, 0.4) is 0 Å². The van der Waals surface area contributed by atoms with Gasteiger partial charge < -0.3 is 14.9 Å². The van der Waals surface area contributed by atoms with E-state index in [0.717, 1.165) is 19.3 Å². The minimum absolute atomic E-state index is 0.0401. The van der Waals surface area contributed by atoms with Crippen molar-refractivity contribution < 1.29 is 19.7 Å². The van der Waals surface area contributed by atoms with Gasteiger partial charge in [-0.2, -0.15) is 0 Å². The molecule has 1 atom stereocenters. The second kappa shape index (κ2) is 9.08. The Morgan fingerprint density at radius 2 is 1.57 bits per heavy atom. The molecule has 0 amide bonds. The average molecular weight is 314 g/mol. The minimum Gasteiger partial charge on any atom is -0.465 e. The normalized spacial score (nSPS) is 11.9. The van der Waals surface area contributed by atoms with Crippen molar-refractivity contribution in [2.45, 2.75) is 32.0 Å². The first kappa shape index (κ1) is 17.2. The van der Waals surface area contributed by atoms with Gasteiger partial charge in [-0.3, -0.25) is 4.79 Å². The van der Waals surface area contributed by atoms with Crippen LogP contribution in [0.5, 0.6) is 5.75 Å². The highest BCUT2D eigenvalue weighted by molar-refractivity contribution is 6.08. The van der Waals surface area contributed by atoms with Gasteiger partial charge in [-0.25, -0.2) is 0 Å². The first-order chi connectivity index (χ1) is 11.2. The molecule has 0 aliphatic heterocycles. The van der Waals surface area contributed by atoms with E-state index in [-0.39, 0.29) is 12.4 Å². The lowest BCUT2D eigenvalue weighted by Crippen LogP contribution is -2.15. The van der Waals surface area contributed by atoms with E-state index in [1.807, 2.05) is 18.2 Å². The molecule has 0 aliphatic carbocycles. The maximum atomic E-state index is 12.3. The number of ketones is 1. The number of hydrogen-bond acceptors (Lipinski definition) is 4. The zero-order valence-electron chi connectivity index (χ0n) is 13.0. The summed E-state index contributed by atoms with van der Waals surface area (Å²) in [6.45, 7) is 0.174. The molecule has 4 heteroatoms. The highest BCUT2D eigenvalue weighted by Gasteiger charge is 2.10. The summed E-state index contributed by atoms with van der Waals surface area (Å²) in [6, 6.07) is 15.9. The number of carbonyl (C=O) groups is 1. The molecular formula is C19H22O4. The van der Waals surface area contributed by atoms with Crippen LogP contribution >= 0.6 is 0 Å². The number of aliphatic hydroxyl groups excluding tert-OH is 2. The van der Waals surface area contributed by atoms with Crippen LogP contribution in [0.4, 0.5) is 0 Å². The molecule has 0 heterocycles. The van der Waals surface area contributed by atoms with Gasteiger partial charge in [0.1, 0.15) is 5.75 Å². The lowest BCUT2D eigenvalue weighted by Gasteiger charge is -2.13. The summed E-state index contributed by atoms with van der Waals surface area (Å²) in [6.07, 6.45) is 2.05. The van der Waals surface area contributed by atoms with Crippen LogP contribution in [0.25, 0.3) is 0 Å². The van der Waals surface area contributed by atoms with Crippen LogP contribution in [-0.2, 0) is 0 Å². The Labute approximate surface area is 136 Å². The van der Waals surface area contributed by atoms with E-state index in [1.165, 1.54) is 0 Å². The summed E-state index contributed by atoms with van der Waals surface area (Å²) in [5.41, 5.74) is 1.23. The fourth-order valence-corrected chi connectivity index (χ4v) is 2.26. The summed E-state index contributed by atoms with van der Waals surface area (Å²) < 4.78 is 5.42. The zero-order valence-corrected chi connectivity index (χ0v) is 13.0. The van der Waals surface area contributed by atoms with Crippen molar-refractivity contribution in [1.82, 2.24) is 0 Å². The summed E-state index contributed by atoms with van der Waals surface area (Å²) in [5.74, 6) is 0.492. The Morgan fingerprint density at radius 3 is 2.22 bits per heavy atom.